The summed E-state index contributed by atoms with van der Waals surface area (Å²) in [6.45, 7) is 7.61. The Morgan fingerprint density at radius 3 is 2.92 bits per heavy atom. The summed E-state index contributed by atoms with van der Waals surface area (Å²) in [5.74, 6) is 1.30. The summed E-state index contributed by atoms with van der Waals surface area (Å²) in [4.78, 5) is 19.1. The third-order valence-corrected chi connectivity index (χ3v) is 4.46. The third kappa shape index (κ3) is 3.38. The zero-order valence-corrected chi connectivity index (χ0v) is 14.5. The van der Waals surface area contributed by atoms with Gasteiger partial charge in [-0.1, -0.05) is 19.9 Å². The highest BCUT2D eigenvalue weighted by Crippen LogP contribution is 2.28. The molecular weight excluding hydrogens is 304 g/mol. The Bertz CT molecular complexity index is 715. The van der Waals surface area contributed by atoms with Gasteiger partial charge in [0.2, 0.25) is 0 Å². The smallest absolute Gasteiger partial charge is 0.324 e. The number of fused-ring (bicyclic) bond motifs is 1. The number of hydrogen-bond donors (Lipinski definition) is 1. The molecule has 0 unspecified atom stereocenters. The number of nitrogens with two attached hydrogens (primary N) is 1. The summed E-state index contributed by atoms with van der Waals surface area (Å²) >= 11 is 0. The number of ether oxygens (including phenoxy) is 1. The minimum absolute atomic E-state index is 0.465. The van der Waals surface area contributed by atoms with Crippen LogP contribution in [0.4, 0.5) is 10.5 Å². The number of anilines is 1. The molecule has 1 amide bonds. The predicted octanol–water partition coefficient (Wildman–Crippen LogP) is 2.78. The van der Waals surface area contributed by atoms with Gasteiger partial charge < -0.3 is 15.4 Å². The van der Waals surface area contributed by atoms with Crippen molar-refractivity contribution in [1.82, 2.24) is 9.55 Å². The summed E-state index contributed by atoms with van der Waals surface area (Å²) in [7, 11) is 0. The standard InChI is InChI=1S/C18H26N4O2/c1-13(2)7-8-16-20-17-14(21-9-4-11-24-12-10-21)5-3-6-15(17)22(16)18(19)23/h3,5-6,13H,4,7-12H2,1-2H3,(H2,19,23). The molecule has 6 nitrogen and oxygen atoms in total. The fraction of sp³-hybridized carbons (Fsp3) is 0.556. The first-order chi connectivity index (χ1) is 11.6. The van der Waals surface area contributed by atoms with Gasteiger partial charge in [0, 0.05) is 26.1 Å². The van der Waals surface area contributed by atoms with Crippen molar-refractivity contribution in [3.05, 3.63) is 24.0 Å². The Balaban J connectivity index is 2.05. The SMILES string of the molecule is CC(C)CCc1nc2c(N3CCCOCC3)cccc2n1C(N)=O. The first kappa shape index (κ1) is 16.8. The molecule has 1 fully saturated rings. The van der Waals surface area contributed by atoms with E-state index in [2.05, 4.69) is 24.8 Å². The van der Waals surface area contributed by atoms with Crippen molar-refractivity contribution in [2.45, 2.75) is 33.1 Å². The lowest BCUT2D eigenvalue weighted by molar-refractivity contribution is 0.152. The summed E-state index contributed by atoms with van der Waals surface area (Å²) < 4.78 is 7.11. The van der Waals surface area contributed by atoms with Gasteiger partial charge in [-0.15, -0.1) is 0 Å². The van der Waals surface area contributed by atoms with Crippen molar-refractivity contribution >= 4 is 22.8 Å². The molecule has 0 aliphatic carbocycles. The minimum atomic E-state index is -0.465. The number of nitrogens with zero attached hydrogens (tertiary/aromatic N) is 3. The fourth-order valence-corrected chi connectivity index (χ4v) is 3.21. The van der Waals surface area contributed by atoms with Crippen molar-refractivity contribution < 1.29 is 9.53 Å². The number of carbonyl (C=O) groups is 1. The molecule has 0 bridgehead atoms. The van der Waals surface area contributed by atoms with E-state index in [4.69, 9.17) is 15.5 Å². The predicted molar refractivity (Wildman–Crippen MR) is 95.5 cm³/mol. The van der Waals surface area contributed by atoms with E-state index in [-0.39, 0.29) is 0 Å². The quantitative estimate of drug-likeness (QED) is 0.935. The van der Waals surface area contributed by atoms with Crippen molar-refractivity contribution in [3.8, 4) is 0 Å². The normalized spacial score (nSPS) is 15.9. The Kier molecular flexibility index (Phi) is 5.04. The molecule has 1 aromatic carbocycles. The van der Waals surface area contributed by atoms with E-state index in [0.29, 0.717) is 12.5 Å². The lowest BCUT2D eigenvalue weighted by Crippen LogP contribution is -2.26. The van der Waals surface area contributed by atoms with Crippen LogP contribution >= 0.6 is 0 Å². The minimum Gasteiger partial charge on any atom is -0.380 e. The average molecular weight is 330 g/mol. The van der Waals surface area contributed by atoms with Crippen LogP contribution in [0.5, 0.6) is 0 Å². The van der Waals surface area contributed by atoms with E-state index < -0.39 is 6.03 Å². The lowest BCUT2D eigenvalue weighted by atomic mass is 10.1. The first-order valence-electron chi connectivity index (χ1n) is 8.70. The number of primary amides is 1. The zero-order valence-electron chi connectivity index (χ0n) is 14.5. The van der Waals surface area contributed by atoms with Crippen LogP contribution in [0.15, 0.2) is 18.2 Å². The van der Waals surface area contributed by atoms with Crippen LogP contribution < -0.4 is 10.6 Å². The molecule has 24 heavy (non-hydrogen) atoms. The van der Waals surface area contributed by atoms with Crippen LogP contribution in [-0.4, -0.2) is 41.9 Å². The fourth-order valence-electron chi connectivity index (χ4n) is 3.21. The van der Waals surface area contributed by atoms with Gasteiger partial charge in [0.25, 0.3) is 0 Å². The third-order valence-electron chi connectivity index (χ3n) is 4.46. The van der Waals surface area contributed by atoms with E-state index in [9.17, 15) is 4.79 Å². The number of carbonyl (C=O) groups excluding carboxylic acids is 1. The maximum atomic E-state index is 12.0. The van der Waals surface area contributed by atoms with Crippen LogP contribution in [0.3, 0.4) is 0 Å². The van der Waals surface area contributed by atoms with Crippen molar-refractivity contribution in [2.75, 3.05) is 31.2 Å². The van der Waals surface area contributed by atoms with Gasteiger partial charge >= 0.3 is 6.03 Å². The average Bonchev–Trinajstić information content (AvgIpc) is 2.72. The van der Waals surface area contributed by atoms with E-state index >= 15 is 0 Å². The molecule has 0 saturated carbocycles. The van der Waals surface area contributed by atoms with Crippen LogP contribution in [-0.2, 0) is 11.2 Å². The van der Waals surface area contributed by atoms with Gasteiger partial charge in [-0.2, -0.15) is 0 Å². The second-order valence-corrected chi connectivity index (χ2v) is 6.73. The van der Waals surface area contributed by atoms with Crippen molar-refractivity contribution in [3.63, 3.8) is 0 Å². The Morgan fingerprint density at radius 1 is 1.33 bits per heavy atom. The first-order valence-corrected chi connectivity index (χ1v) is 8.70. The van der Waals surface area contributed by atoms with Crippen molar-refractivity contribution in [2.24, 2.45) is 11.7 Å². The Labute approximate surface area is 142 Å². The Morgan fingerprint density at radius 2 is 2.17 bits per heavy atom. The molecule has 0 radical (unpaired) electrons. The molecule has 2 N–H and O–H groups in total. The zero-order chi connectivity index (χ0) is 17.1. The molecular formula is C18H26N4O2. The summed E-state index contributed by atoms with van der Waals surface area (Å²) in [6, 6.07) is 5.49. The second-order valence-electron chi connectivity index (χ2n) is 6.73. The van der Waals surface area contributed by atoms with Gasteiger partial charge in [-0.25, -0.2) is 14.3 Å². The lowest BCUT2D eigenvalue weighted by Gasteiger charge is -2.22. The highest BCUT2D eigenvalue weighted by atomic mass is 16.5. The number of para-hydroxylation sites is 1. The topological polar surface area (TPSA) is 73.4 Å². The molecule has 2 heterocycles. The number of amides is 1. The molecule has 2 aromatic rings. The number of rotatable bonds is 4. The monoisotopic (exact) mass is 330 g/mol. The number of aromatic nitrogens is 2. The van der Waals surface area contributed by atoms with Gasteiger partial charge in [0.05, 0.1) is 17.8 Å². The maximum Gasteiger partial charge on any atom is 0.324 e. The van der Waals surface area contributed by atoms with Gasteiger partial charge in [0.15, 0.2) is 0 Å². The molecule has 0 spiro atoms. The molecule has 1 aliphatic heterocycles. The summed E-state index contributed by atoms with van der Waals surface area (Å²) in [5, 5.41) is 0. The van der Waals surface area contributed by atoms with Crippen LogP contribution in [0.2, 0.25) is 0 Å². The van der Waals surface area contributed by atoms with Gasteiger partial charge in [0.1, 0.15) is 11.3 Å². The molecule has 1 aliphatic rings. The van der Waals surface area contributed by atoms with E-state index in [1.807, 2.05) is 12.1 Å². The van der Waals surface area contributed by atoms with Crippen LogP contribution in [0.25, 0.3) is 11.0 Å². The van der Waals surface area contributed by atoms with Gasteiger partial charge in [-0.05, 0) is 30.9 Å². The van der Waals surface area contributed by atoms with E-state index in [0.717, 1.165) is 61.5 Å². The number of benzene rings is 1. The molecule has 3 rings (SSSR count). The van der Waals surface area contributed by atoms with Crippen LogP contribution in [0.1, 0.15) is 32.5 Å². The summed E-state index contributed by atoms with van der Waals surface area (Å²) in [6.07, 6.45) is 2.72. The van der Waals surface area contributed by atoms with Crippen LogP contribution in [0, 0.1) is 5.92 Å². The van der Waals surface area contributed by atoms with Gasteiger partial charge in [-0.3, -0.25) is 0 Å². The maximum absolute atomic E-state index is 12.0. The highest BCUT2D eigenvalue weighted by molar-refractivity contribution is 5.95. The largest absolute Gasteiger partial charge is 0.380 e. The molecule has 6 heteroatoms. The summed E-state index contributed by atoms with van der Waals surface area (Å²) in [5.41, 5.74) is 8.35. The second kappa shape index (κ2) is 7.21. The molecule has 1 saturated heterocycles. The van der Waals surface area contributed by atoms with Crippen molar-refractivity contribution in [1.29, 1.82) is 0 Å². The number of hydrogen-bond acceptors (Lipinski definition) is 4. The molecule has 0 atom stereocenters. The van der Waals surface area contributed by atoms with E-state index in [1.54, 1.807) is 4.57 Å². The molecule has 130 valence electrons. The van der Waals surface area contributed by atoms with E-state index in [1.165, 1.54) is 0 Å². The highest BCUT2D eigenvalue weighted by Gasteiger charge is 2.20. The number of imidazole rings is 1. The molecule has 1 aromatic heterocycles. The Hall–Kier alpha value is -2.08. The number of aryl methyl sites for hydroxylation is 1.